The van der Waals surface area contributed by atoms with E-state index >= 15 is 0 Å². The Bertz CT molecular complexity index is 335. The maximum atomic E-state index is 11.3. The minimum Gasteiger partial charge on any atom is -0.462 e. The molecule has 3 nitrogen and oxygen atoms in total. The first-order chi connectivity index (χ1) is 7.61. The van der Waals surface area contributed by atoms with E-state index < -0.39 is 0 Å². The summed E-state index contributed by atoms with van der Waals surface area (Å²) in [6.07, 6.45) is -0.0484. The van der Waals surface area contributed by atoms with E-state index in [0.717, 1.165) is 10.5 Å². The van der Waals surface area contributed by atoms with Crippen LogP contribution in [0, 0.1) is 0 Å². The highest BCUT2D eigenvalue weighted by atomic mass is 32.2. The zero-order valence-corrected chi connectivity index (χ0v) is 10.4. The number of thioether (sulfide) groups is 1. The van der Waals surface area contributed by atoms with Gasteiger partial charge in [-0.15, -0.1) is 11.8 Å². The smallest absolute Gasteiger partial charge is 0.316 e. The summed E-state index contributed by atoms with van der Waals surface area (Å²) in [7, 11) is 0. The Morgan fingerprint density at radius 3 is 2.50 bits per heavy atom. The molecule has 0 atom stereocenters. The standard InChI is InChI=1S/C12H17NO2S/c1-9(2)15-12(14)8-16-11-5-3-10(7-13)4-6-11/h3-6,9H,7-8,13H2,1-2H3. The van der Waals surface area contributed by atoms with Gasteiger partial charge in [-0.2, -0.15) is 0 Å². The Hall–Kier alpha value is -1.00. The van der Waals surface area contributed by atoms with Crippen molar-refractivity contribution in [2.24, 2.45) is 5.73 Å². The molecule has 0 saturated heterocycles. The number of carbonyl (C=O) groups is 1. The van der Waals surface area contributed by atoms with E-state index in [2.05, 4.69) is 0 Å². The number of ether oxygens (including phenoxy) is 1. The lowest BCUT2D eigenvalue weighted by Gasteiger charge is -2.07. The summed E-state index contributed by atoms with van der Waals surface area (Å²) in [5.41, 5.74) is 6.59. The zero-order valence-electron chi connectivity index (χ0n) is 9.60. The zero-order chi connectivity index (χ0) is 12.0. The Morgan fingerprint density at radius 1 is 1.38 bits per heavy atom. The second kappa shape index (κ2) is 6.55. The molecule has 0 spiro atoms. The van der Waals surface area contributed by atoms with Gasteiger partial charge in [0.1, 0.15) is 0 Å². The fourth-order valence-electron chi connectivity index (χ4n) is 1.16. The van der Waals surface area contributed by atoms with E-state index in [4.69, 9.17) is 10.5 Å². The summed E-state index contributed by atoms with van der Waals surface area (Å²) in [5, 5.41) is 0. The van der Waals surface area contributed by atoms with Crippen LogP contribution >= 0.6 is 11.8 Å². The molecule has 1 aromatic rings. The molecule has 88 valence electrons. The Morgan fingerprint density at radius 2 is 2.00 bits per heavy atom. The molecule has 4 heteroatoms. The minimum absolute atomic E-state index is 0.0484. The third-order valence-corrected chi connectivity index (χ3v) is 2.87. The van der Waals surface area contributed by atoms with Crippen molar-refractivity contribution in [1.29, 1.82) is 0 Å². The number of hydrogen-bond donors (Lipinski definition) is 1. The van der Waals surface area contributed by atoms with Gasteiger partial charge in [0.15, 0.2) is 0 Å². The fraction of sp³-hybridized carbons (Fsp3) is 0.417. The minimum atomic E-state index is -0.178. The van der Waals surface area contributed by atoms with E-state index in [9.17, 15) is 4.79 Å². The topological polar surface area (TPSA) is 52.3 Å². The van der Waals surface area contributed by atoms with Gasteiger partial charge >= 0.3 is 5.97 Å². The van der Waals surface area contributed by atoms with Crippen LogP contribution in [0.2, 0.25) is 0 Å². The molecule has 0 aromatic heterocycles. The van der Waals surface area contributed by atoms with E-state index in [0.29, 0.717) is 12.3 Å². The largest absolute Gasteiger partial charge is 0.462 e. The van der Waals surface area contributed by atoms with E-state index in [1.165, 1.54) is 11.8 Å². The maximum absolute atomic E-state index is 11.3. The van der Waals surface area contributed by atoms with Gasteiger partial charge in [0.2, 0.25) is 0 Å². The maximum Gasteiger partial charge on any atom is 0.316 e. The number of rotatable bonds is 5. The van der Waals surface area contributed by atoms with Crippen molar-refractivity contribution >= 4 is 17.7 Å². The van der Waals surface area contributed by atoms with Crippen molar-refractivity contribution < 1.29 is 9.53 Å². The van der Waals surface area contributed by atoms with E-state index in [-0.39, 0.29) is 12.1 Å². The normalized spacial score (nSPS) is 10.5. The molecule has 0 fully saturated rings. The van der Waals surface area contributed by atoms with Crippen LogP contribution in [-0.2, 0) is 16.1 Å². The molecule has 0 unspecified atom stereocenters. The summed E-state index contributed by atoms with van der Waals surface area (Å²) in [4.78, 5) is 12.3. The second-order valence-corrected chi connectivity index (χ2v) is 4.72. The molecule has 0 heterocycles. The van der Waals surface area contributed by atoms with Crippen LogP contribution in [-0.4, -0.2) is 17.8 Å². The summed E-state index contributed by atoms with van der Waals surface area (Å²) in [6, 6.07) is 7.87. The highest BCUT2D eigenvalue weighted by Crippen LogP contribution is 2.18. The van der Waals surface area contributed by atoms with E-state index in [1.54, 1.807) is 0 Å². The van der Waals surface area contributed by atoms with Crippen LogP contribution in [0.3, 0.4) is 0 Å². The molecule has 0 saturated carbocycles. The van der Waals surface area contributed by atoms with Gasteiger partial charge in [-0.25, -0.2) is 0 Å². The molecule has 0 aliphatic rings. The average Bonchev–Trinajstić information content (AvgIpc) is 2.26. The monoisotopic (exact) mass is 239 g/mol. The van der Waals surface area contributed by atoms with Crippen LogP contribution in [0.4, 0.5) is 0 Å². The molecule has 0 aliphatic heterocycles. The molecule has 0 bridgehead atoms. The van der Waals surface area contributed by atoms with Crippen molar-refractivity contribution in [2.45, 2.75) is 31.4 Å². The summed E-state index contributed by atoms with van der Waals surface area (Å²) >= 11 is 1.47. The highest BCUT2D eigenvalue weighted by molar-refractivity contribution is 8.00. The lowest BCUT2D eigenvalue weighted by molar-refractivity contribution is -0.144. The van der Waals surface area contributed by atoms with Crippen LogP contribution in [0.5, 0.6) is 0 Å². The summed E-state index contributed by atoms with van der Waals surface area (Å²) in [5.74, 6) is 0.170. The van der Waals surface area contributed by atoms with Crippen molar-refractivity contribution in [3.05, 3.63) is 29.8 Å². The van der Waals surface area contributed by atoms with Gasteiger partial charge in [0, 0.05) is 11.4 Å². The van der Waals surface area contributed by atoms with Crippen molar-refractivity contribution in [3.8, 4) is 0 Å². The molecule has 1 aromatic carbocycles. The molecule has 1 rings (SSSR count). The van der Waals surface area contributed by atoms with Crippen LogP contribution in [0.25, 0.3) is 0 Å². The van der Waals surface area contributed by atoms with Gasteiger partial charge in [-0.1, -0.05) is 12.1 Å². The van der Waals surface area contributed by atoms with Crippen LogP contribution < -0.4 is 5.73 Å². The molecular weight excluding hydrogens is 222 g/mol. The fourth-order valence-corrected chi connectivity index (χ4v) is 1.84. The number of benzene rings is 1. The van der Waals surface area contributed by atoms with Crippen molar-refractivity contribution in [3.63, 3.8) is 0 Å². The number of hydrogen-bond acceptors (Lipinski definition) is 4. The first-order valence-electron chi connectivity index (χ1n) is 5.23. The van der Waals surface area contributed by atoms with Gasteiger partial charge in [0.25, 0.3) is 0 Å². The molecule has 0 radical (unpaired) electrons. The third-order valence-electron chi connectivity index (χ3n) is 1.88. The lowest BCUT2D eigenvalue weighted by atomic mass is 10.2. The number of carbonyl (C=O) groups excluding carboxylic acids is 1. The first kappa shape index (κ1) is 13.1. The Balaban J connectivity index is 2.39. The number of nitrogens with two attached hydrogens (primary N) is 1. The first-order valence-corrected chi connectivity index (χ1v) is 6.21. The Labute approximate surface area is 100 Å². The molecule has 0 aliphatic carbocycles. The lowest BCUT2D eigenvalue weighted by Crippen LogP contribution is -2.13. The SMILES string of the molecule is CC(C)OC(=O)CSc1ccc(CN)cc1. The summed E-state index contributed by atoms with van der Waals surface area (Å²) < 4.78 is 5.04. The predicted molar refractivity (Wildman–Crippen MR) is 66.3 cm³/mol. The Kier molecular flexibility index (Phi) is 5.35. The van der Waals surface area contributed by atoms with Crippen LogP contribution in [0.1, 0.15) is 19.4 Å². The molecule has 16 heavy (non-hydrogen) atoms. The number of esters is 1. The molecular formula is C12H17NO2S. The average molecular weight is 239 g/mol. The quantitative estimate of drug-likeness (QED) is 0.632. The summed E-state index contributed by atoms with van der Waals surface area (Å²) in [6.45, 7) is 4.23. The van der Waals surface area contributed by atoms with Crippen molar-refractivity contribution in [1.82, 2.24) is 0 Å². The van der Waals surface area contributed by atoms with Crippen molar-refractivity contribution in [2.75, 3.05) is 5.75 Å². The highest BCUT2D eigenvalue weighted by Gasteiger charge is 2.06. The second-order valence-electron chi connectivity index (χ2n) is 3.68. The van der Waals surface area contributed by atoms with Gasteiger partial charge in [0.05, 0.1) is 11.9 Å². The third kappa shape index (κ3) is 4.68. The molecule has 0 amide bonds. The molecule has 2 N–H and O–H groups in total. The van der Waals surface area contributed by atoms with Gasteiger partial charge in [-0.3, -0.25) is 4.79 Å². The van der Waals surface area contributed by atoms with Crippen LogP contribution in [0.15, 0.2) is 29.2 Å². The van der Waals surface area contributed by atoms with E-state index in [1.807, 2.05) is 38.1 Å². The predicted octanol–water partition coefficient (Wildman–Crippen LogP) is 2.19. The van der Waals surface area contributed by atoms with Gasteiger partial charge < -0.3 is 10.5 Å². The van der Waals surface area contributed by atoms with Gasteiger partial charge in [-0.05, 0) is 31.5 Å².